The Hall–Kier alpha value is -1.02. The highest BCUT2D eigenvalue weighted by Gasteiger charge is 2.05. The van der Waals surface area contributed by atoms with Crippen molar-refractivity contribution in [1.82, 2.24) is 5.32 Å². The lowest BCUT2D eigenvalue weighted by atomic mass is 10.1. The summed E-state index contributed by atoms with van der Waals surface area (Å²) in [6.45, 7) is 7.29. The molecule has 1 unspecified atom stereocenters. The van der Waals surface area contributed by atoms with Gasteiger partial charge in [0.15, 0.2) is 0 Å². The molecule has 1 rings (SSSR count). The van der Waals surface area contributed by atoms with Crippen LogP contribution < -0.4 is 10.1 Å². The summed E-state index contributed by atoms with van der Waals surface area (Å²) in [4.78, 5) is 0. The quantitative estimate of drug-likeness (QED) is 0.801. The van der Waals surface area contributed by atoms with E-state index in [1.165, 1.54) is 11.1 Å². The molecule has 0 fully saturated rings. The molecular weight excluding hydrogens is 186 g/mol. The van der Waals surface area contributed by atoms with Gasteiger partial charge in [0.1, 0.15) is 5.75 Å². The molecule has 0 radical (unpaired) electrons. The molecule has 2 heteroatoms. The van der Waals surface area contributed by atoms with Crippen molar-refractivity contribution in [2.45, 2.75) is 33.3 Å². The molecule has 0 aromatic heterocycles. The Labute approximate surface area is 92.6 Å². The fourth-order valence-corrected chi connectivity index (χ4v) is 1.55. The maximum Gasteiger partial charge on any atom is 0.122 e. The summed E-state index contributed by atoms with van der Waals surface area (Å²) in [7, 11) is 1.96. The van der Waals surface area contributed by atoms with Crippen LogP contribution in [0.4, 0.5) is 0 Å². The zero-order valence-electron chi connectivity index (χ0n) is 10.1. The minimum Gasteiger partial charge on any atom is -0.490 e. The molecule has 0 saturated heterocycles. The van der Waals surface area contributed by atoms with Crippen LogP contribution in [-0.4, -0.2) is 19.7 Å². The summed E-state index contributed by atoms with van der Waals surface area (Å²) in [6.07, 6.45) is 1.29. The molecule has 1 N–H and O–H groups in total. The van der Waals surface area contributed by atoms with E-state index in [4.69, 9.17) is 4.74 Å². The molecule has 0 aliphatic heterocycles. The first kappa shape index (κ1) is 12.1. The molecule has 0 aliphatic carbocycles. The second-order valence-corrected chi connectivity index (χ2v) is 4.09. The van der Waals surface area contributed by atoms with Crippen LogP contribution in [0.3, 0.4) is 0 Å². The Morgan fingerprint density at radius 3 is 2.67 bits per heavy atom. The molecule has 0 amide bonds. The van der Waals surface area contributed by atoms with E-state index >= 15 is 0 Å². The largest absolute Gasteiger partial charge is 0.490 e. The van der Waals surface area contributed by atoms with Gasteiger partial charge < -0.3 is 10.1 Å². The van der Waals surface area contributed by atoms with Gasteiger partial charge in [-0.05, 0) is 52.4 Å². The molecule has 1 atom stereocenters. The maximum atomic E-state index is 5.86. The standard InChI is InChI=1S/C13H21NO/c1-10-5-6-13(11(2)9-10)15-12(3)7-8-14-4/h5-6,9,12,14H,7-8H2,1-4H3. The molecule has 0 saturated carbocycles. The average molecular weight is 207 g/mol. The Morgan fingerprint density at radius 2 is 2.07 bits per heavy atom. The summed E-state index contributed by atoms with van der Waals surface area (Å²) in [5.74, 6) is 1.00. The van der Waals surface area contributed by atoms with Gasteiger partial charge >= 0.3 is 0 Å². The predicted molar refractivity (Wildman–Crippen MR) is 64.5 cm³/mol. The summed E-state index contributed by atoms with van der Waals surface area (Å²) >= 11 is 0. The van der Waals surface area contributed by atoms with Crippen LogP contribution in [0.5, 0.6) is 5.75 Å². The topological polar surface area (TPSA) is 21.3 Å². The smallest absolute Gasteiger partial charge is 0.122 e. The summed E-state index contributed by atoms with van der Waals surface area (Å²) in [5, 5.41) is 3.13. The number of benzene rings is 1. The van der Waals surface area contributed by atoms with Crippen molar-refractivity contribution in [3.05, 3.63) is 29.3 Å². The number of nitrogens with one attached hydrogen (secondary N) is 1. The fraction of sp³-hybridized carbons (Fsp3) is 0.538. The zero-order valence-corrected chi connectivity index (χ0v) is 10.1. The van der Waals surface area contributed by atoms with Crippen LogP contribution in [0.15, 0.2) is 18.2 Å². The second kappa shape index (κ2) is 5.76. The van der Waals surface area contributed by atoms with Crippen LogP contribution in [0.1, 0.15) is 24.5 Å². The van der Waals surface area contributed by atoms with Gasteiger partial charge in [0.05, 0.1) is 6.10 Å². The number of hydrogen-bond donors (Lipinski definition) is 1. The lowest BCUT2D eigenvalue weighted by Gasteiger charge is -2.16. The van der Waals surface area contributed by atoms with Gasteiger partial charge in [0.25, 0.3) is 0 Å². The second-order valence-electron chi connectivity index (χ2n) is 4.09. The number of rotatable bonds is 5. The van der Waals surface area contributed by atoms with E-state index in [2.05, 4.69) is 44.3 Å². The number of aryl methyl sites for hydroxylation is 2. The van der Waals surface area contributed by atoms with Crippen LogP contribution in [-0.2, 0) is 0 Å². The SMILES string of the molecule is CNCCC(C)Oc1ccc(C)cc1C. The third-order valence-corrected chi connectivity index (χ3v) is 2.46. The van der Waals surface area contributed by atoms with Crippen LogP contribution in [0, 0.1) is 13.8 Å². The number of hydrogen-bond acceptors (Lipinski definition) is 2. The number of ether oxygens (including phenoxy) is 1. The normalized spacial score (nSPS) is 12.5. The van der Waals surface area contributed by atoms with Gasteiger partial charge in [0.2, 0.25) is 0 Å². The lowest BCUT2D eigenvalue weighted by Crippen LogP contribution is -2.19. The third-order valence-electron chi connectivity index (χ3n) is 2.46. The molecule has 1 aromatic carbocycles. The average Bonchev–Trinajstić information content (AvgIpc) is 2.19. The molecule has 0 heterocycles. The molecular formula is C13H21NO. The van der Waals surface area contributed by atoms with Gasteiger partial charge in [0, 0.05) is 0 Å². The minimum absolute atomic E-state index is 0.263. The monoisotopic (exact) mass is 207 g/mol. The Bertz CT molecular complexity index is 309. The predicted octanol–water partition coefficient (Wildman–Crippen LogP) is 2.68. The van der Waals surface area contributed by atoms with Crippen molar-refractivity contribution >= 4 is 0 Å². The van der Waals surface area contributed by atoms with Crippen LogP contribution in [0.25, 0.3) is 0 Å². The minimum atomic E-state index is 0.263. The molecule has 84 valence electrons. The summed E-state index contributed by atoms with van der Waals surface area (Å²) < 4.78 is 5.86. The van der Waals surface area contributed by atoms with Crippen LogP contribution in [0.2, 0.25) is 0 Å². The van der Waals surface area contributed by atoms with Gasteiger partial charge in [-0.2, -0.15) is 0 Å². The third kappa shape index (κ3) is 3.92. The fourth-order valence-electron chi connectivity index (χ4n) is 1.55. The Balaban J connectivity index is 2.56. The van der Waals surface area contributed by atoms with Gasteiger partial charge in [-0.15, -0.1) is 0 Å². The van der Waals surface area contributed by atoms with E-state index in [9.17, 15) is 0 Å². The van der Waals surface area contributed by atoms with Crippen molar-refractivity contribution in [3.63, 3.8) is 0 Å². The molecule has 15 heavy (non-hydrogen) atoms. The first-order chi connectivity index (χ1) is 7.13. The first-order valence-corrected chi connectivity index (χ1v) is 5.52. The Kier molecular flexibility index (Phi) is 4.63. The van der Waals surface area contributed by atoms with Crippen molar-refractivity contribution in [2.24, 2.45) is 0 Å². The highest BCUT2D eigenvalue weighted by atomic mass is 16.5. The highest BCUT2D eigenvalue weighted by Crippen LogP contribution is 2.20. The van der Waals surface area contributed by atoms with E-state index in [0.29, 0.717) is 0 Å². The van der Waals surface area contributed by atoms with E-state index in [0.717, 1.165) is 18.7 Å². The summed E-state index contributed by atoms with van der Waals surface area (Å²) in [6, 6.07) is 6.30. The van der Waals surface area contributed by atoms with Gasteiger partial charge in [-0.1, -0.05) is 17.7 Å². The summed E-state index contributed by atoms with van der Waals surface area (Å²) in [5.41, 5.74) is 2.49. The zero-order chi connectivity index (χ0) is 11.3. The van der Waals surface area contributed by atoms with Gasteiger partial charge in [-0.3, -0.25) is 0 Å². The Morgan fingerprint density at radius 1 is 1.33 bits per heavy atom. The van der Waals surface area contributed by atoms with E-state index in [1.54, 1.807) is 0 Å². The molecule has 1 aromatic rings. The van der Waals surface area contributed by atoms with Crippen molar-refractivity contribution in [3.8, 4) is 5.75 Å². The van der Waals surface area contributed by atoms with Crippen molar-refractivity contribution in [1.29, 1.82) is 0 Å². The van der Waals surface area contributed by atoms with E-state index < -0.39 is 0 Å². The molecule has 0 spiro atoms. The van der Waals surface area contributed by atoms with Crippen molar-refractivity contribution in [2.75, 3.05) is 13.6 Å². The lowest BCUT2D eigenvalue weighted by molar-refractivity contribution is 0.209. The first-order valence-electron chi connectivity index (χ1n) is 5.52. The maximum absolute atomic E-state index is 5.86. The molecule has 2 nitrogen and oxygen atoms in total. The highest BCUT2D eigenvalue weighted by molar-refractivity contribution is 5.35. The van der Waals surface area contributed by atoms with E-state index in [1.807, 2.05) is 7.05 Å². The van der Waals surface area contributed by atoms with Crippen LogP contribution >= 0.6 is 0 Å². The van der Waals surface area contributed by atoms with Crippen molar-refractivity contribution < 1.29 is 4.74 Å². The van der Waals surface area contributed by atoms with E-state index in [-0.39, 0.29) is 6.10 Å². The molecule has 0 aliphatic rings. The molecule has 0 bridgehead atoms. The van der Waals surface area contributed by atoms with Gasteiger partial charge in [-0.25, -0.2) is 0 Å².